The highest BCUT2D eigenvalue weighted by atomic mass is 16.2. The molecule has 0 bridgehead atoms. The molecule has 0 aliphatic rings. The van der Waals surface area contributed by atoms with Gasteiger partial charge in [0.15, 0.2) is 5.69 Å². The zero-order chi connectivity index (χ0) is 14.4. The number of amides is 1. The third kappa shape index (κ3) is 4.96. The zero-order valence-corrected chi connectivity index (χ0v) is 12.1. The molecule has 1 aromatic heterocycles. The Balaban J connectivity index is 2.54. The number of nitrogens with two attached hydrogens (primary N) is 1. The number of nitrogens with one attached hydrogen (secondary N) is 1. The lowest BCUT2D eigenvalue weighted by atomic mass is 10.2. The molecule has 0 unspecified atom stereocenters. The van der Waals surface area contributed by atoms with Crippen LogP contribution < -0.4 is 11.3 Å². The minimum Gasteiger partial charge on any atom is -0.299 e. The molecule has 7 nitrogen and oxygen atoms in total. The molecule has 7 heteroatoms. The maximum absolute atomic E-state index is 11.3. The van der Waals surface area contributed by atoms with E-state index in [2.05, 4.69) is 42.9 Å². The average Bonchev–Trinajstić information content (AvgIpc) is 2.81. The first-order valence-corrected chi connectivity index (χ1v) is 6.59. The third-order valence-electron chi connectivity index (χ3n) is 2.85. The topological polar surface area (TPSA) is 89.1 Å². The number of aromatic nitrogens is 3. The van der Waals surface area contributed by atoms with Gasteiger partial charge in [-0.25, -0.2) is 5.84 Å². The van der Waals surface area contributed by atoms with Crippen molar-refractivity contribution in [1.82, 2.24) is 25.3 Å². The Bertz CT molecular complexity index is 401. The van der Waals surface area contributed by atoms with Crippen molar-refractivity contribution in [3.63, 3.8) is 0 Å². The van der Waals surface area contributed by atoms with Gasteiger partial charge in [0.05, 0.1) is 12.7 Å². The predicted molar refractivity (Wildman–Crippen MR) is 73.2 cm³/mol. The van der Waals surface area contributed by atoms with Gasteiger partial charge in [0.2, 0.25) is 0 Å². The van der Waals surface area contributed by atoms with E-state index in [4.69, 9.17) is 5.84 Å². The Labute approximate surface area is 114 Å². The molecule has 0 fully saturated rings. The highest BCUT2D eigenvalue weighted by Gasteiger charge is 2.13. The predicted octanol–water partition coefficient (Wildman–Crippen LogP) is 0.248. The average molecular weight is 268 g/mol. The quantitative estimate of drug-likeness (QED) is 0.420. The van der Waals surface area contributed by atoms with Crippen LogP contribution in [0.15, 0.2) is 6.20 Å². The Hall–Kier alpha value is -1.47. The molecule has 0 aliphatic heterocycles. The monoisotopic (exact) mass is 268 g/mol. The van der Waals surface area contributed by atoms with Crippen LogP contribution in [0.5, 0.6) is 0 Å². The van der Waals surface area contributed by atoms with Gasteiger partial charge >= 0.3 is 0 Å². The van der Waals surface area contributed by atoms with E-state index in [9.17, 15) is 4.79 Å². The van der Waals surface area contributed by atoms with Crippen LogP contribution in [0.4, 0.5) is 0 Å². The van der Waals surface area contributed by atoms with Crippen LogP contribution >= 0.6 is 0 Å². The SMILES string of the molecule is CC(C)CN(CCn1cc(C(=O)NN)nn1)C(C)C. The summed E-state index contributed by atoms with van der Waals surface area (Å²) in [5.41, 5.74) is 2.28. The van der Waals surface area contributed by atoms with E-state index < -0.39 is 5.91 Å². The molecule has 0 saturated heterocycles. The van der Waals surface area contributed by atoms with Crippen LogP contribution in [0.3, 0.4) is 0 Å². The molecular formula is C12H24N6O. The van der Waals surface area contributed by atoms with Crippen LogP contribution in [-0.4, -0.2) is 44.9 Å². The summed E-state index contributed by atoms with van der Waals surface area (Å²) in [5, 5.41) is 7.69. The summed E-state index contributed by atoms with van der Waals surface area (Å²) in [7, 11) is 0. The fourth-order valence-corrected chi connectivity index (χ4v) is 1.85. The molecular weight excluding hydrogens is 244 g/mol. The molecule has 108 valence electrons. The van der Waals surface area contributed by atoms with Gasteiger partial charge in [0.25, 0.3) is 5.91 Å². The summed E-state index contributed by atoms with van der Waals surface area (Å²) in [6, 6.07) is 0.484. The molecule has 1 heterocycles. The van der Waals surface area contributed by atoms with Crippen molar-refractivity contribution in [3.8, 4) is 0 Å². The molecule has 0 spiro atoms. The van der Waals surface area contributed by atoms with Crippen molar-refractivity contribution in [1.29, 1.82) is 0 Å². The van der Waals surface area contributed by atoms with Crippen molar-refractivity contribution in [2.24, 2.45) is 11.8 Å². The maximum Gasteiger partial charge on any atom is 0.287 e. The van der Waals surface area contributed by atoms with Gasteiger partial charge in [-0.3, -0.25) is 19.8 Å². The van der Waals surface area contributed by atoms with E-state index in [-0.39, 0.29) is 5.69 Å². The van der Waals surface area contributed by atoms with Crippen LogP contribution in [0.1, 0.15) is 38.2 Å². The van der Waals surface area contributed by atoms with Crippen molar-refractivity contribution >= 4 is 5.91 Å². The van der Waals surface area contributed by atoms with Gasteiger partial charge in [0, 0.05) is 19.1 Å². The summed E-state index contributed by atoms with van der Waals surface area (Å²) >= 11 is 0. The summed E-state index contributed by atoms with van der Waals surface area (Å²) in [4.78, 5) is 13.6. The third-order valence-corrected chi connectivity index (χ3v) is 2.85. The highest BCUT2D eigenvalue weighted by Crippen LogP contribution is 2.04. The minimum absolute atomic E-state index is 0.238. The van der Waals surface area contributed by atoms with Gasteiger partial charge in [-0.2, -0.15) is 0 Å². The maximum atomic E-state index is 11.3. The van der Waals surface area contributed by atoms with Gasteiger partial charge < -0.3 is 0 Å². The Morgan fingerprint density at radius 1 is 1.47 bits per heavy atom. The van der Waals surface area contributed by atoms with E-state index in [0.29, 0.717) is 18.5 Å². The molecule has 0 atom stereocenters. The first-order valence-electron chi connectivity index (χ1n) is 6.59. The normalized spacial score (nSPS) is 11.6. The second-order valence-electron chi connectivity index (χ2n) is 5.32. The first kappa shape index (κ1) is 15.6. The second-order valence-corrected chi connectivity index (χ2v) is 5.32. The Kier molecular flexibility index (Phi) is 5.91. The minimum atomic E-state index is -0.422. The lowest BCUT2D eigenvalue weighted by Crippen LogP contribution is -2.36. The largest absolute Gasteiger partial charge is 0.299 e. The van der Waals surface area contributed by atoms with E-state index in [0.717, 1.165) is 13.1 Å². The molecule has 0 radical (unpaired) electrons. The summed E-state index contributed by atoms with van der Waals surface area (Å²) in [5.74, 6) is 5.25. The highest BCUT2D eigenvalue weighted by molar-refractivity contribution is 5.91. The molecule has 1 aromatic rings. The van der Waals surface area contributed by atoms with Gasteiger partial charge in [-0.1, -0.05) is 19.1 Å². The second kappa shape index (κ2) is 7.20. The number of carbonyl (C=O) groups excluding carboxylic acids is 1. The van der Waals surface area contributed by atoms with Crippen molar-refractivity contribution in [2.75, 3.05) is 13.1 Å². The van der Waals surface area contributed by atoms with Crippen LogP contribution in [0.2, 0.25) is 0 Å². The van der Waals surface area contributed by atoms with E-state index >= 15 is 0 Å². The van der Waals surface area contributed by atoms with Crippen molar-refractivity contribution in [2.45, 2.75) is 40.3 Å². The van der Waals surface area contributed by atoms with E-state index in [1.54, 1.807) is 10.9 Å². The number of nitrogens with zero attached hydrogens (tertiary/aromatic N) is 4. The number of carbonyl (C=O) groups is 1. The van der Waals surface area contributed by atoms with Crippen LogP contribution in [0, 0.1) is 5.92 Å². The van der Waals surface area contributed by atoms with Gasteiger partial charge in [-0.15, -0.1) is 5.10 Å². The lowest BCUT2D eigenvalue weighted by molar-refractivity contribution is 0.0948. The smallest absolute Gasteiger partial charge is 0.287 e. The molecule has 0 aromatic carbocycles. The molecule has 3 N–H and O–H groups in total. The number of nitrogen functional groups attached to an aromatic ring is 1. The van der Waals surface area contributed by atoms with Crippen molar-refractivity contribution < 1.29 is 4.79 Å². The molecule has 0 saturated carbocycles. The summed E-state index contributed by atoms with van der Waals surface area (Å²) in [6.07, 6.45) is 1.61. The van der Waals surface area contributed by atoms with Crippen molar-refractivity contribution in [3.05, 3.63) is 11.9 Å². The van der Waals surface area contributed by atoms with Crippen LogP contribution in [-0.2, 0) is 6.54 Å². The molecule has 1 rings (SSSR count). The van der Waals surface area contributed by atoms with E-state index in [1.807, 2.05) is 5.43 Å². The number of hydrogen-bond donors (Lipinski definition) is 2. The van der Waals surface area contributed by atoms with E-state index in [1.165, 1.54) is 0 Å². The van der Waals surface area contributed by atoms with Crippen LogP contribution in [0.25, 0.3) is 0 Å². The lowest BCUT2D eigenvalue weighted by Gasteiger charge is -2.27. The summed E-state index contributed by atoms with van der Waals surface area (Å²) < 4.78 is 1.67. The zero-order valence-electron chi connectivity index (χ0n) is 12.1. The molecule has 1 amide bonds. The Morgan fingerprint density at radius 3 is 2.68 bits per heavy atom. The fraction of sp³-hybridized carbons (Fsp3) is 0.750. The first-order chi connectivity index (χ1) is 8.93. The fourth-order valence-electron chi connectivity index (χ4n) is 1.85. The Morgan fingerprint density at radius 2 is 2.16 bits per heavy atom. The summed E-state index contributed by atoms with van der Waals surface area (Å²) in [6.45, 7) is 11.4. The number of rotatable bonds is 7. The number of hydrogen-bond acceptors (Lipinski definition) is 5. The molecule has 0 aliphatic carbocycles. The van der Waals surface area contributed by atoms with Gasteiger partial charge in [0.1, 0.15) is 0 Å². The number of hydrazine groups is 1. The standard InChI is InChI=1S/C12H24N6O/c1-9(2)7-17(10(3)4)5-6-18-8-11(15-16-18)12(19)14-13/h8-10H,5-7,13H2,1-4H3,(H,14,19). The molecule has 19 heavy (non-hydrogen) atoms. The van der Waals surface area contributed by atoms with Gasteiger partial charge in [-0.05, 0) is 19.8 Å².